The zero-order chi connectivity index (χ0) is 12.4. The molecule has 0 aliphatic rings. The van der Waals surface area contributed by atoms with E-state index in [1.54, 1.807) is 0 Å². The van der Waals surface area contributed by atoms with Crippen LogP contribution in [0.4, 0.5) is 13.2 Å². The van der Waals surface area contributed by atoms with Crippen LogP contribution in [0.2, 0.25) is 0 Å². The molecule has 5 heteroatoms. The fourth-order valence-corrected chi connectivity index (χ4v) is 1.27. The van der Waals surface area contributed by atoms with Gasteiger partial charge in [-0.1, -0.05) is 12.1 Å². The Balaban J connectivity index is 2.84. The average Bonchev–Trinajstić information content (AvgIpc) is 2.16. The van der Waals surface area contributed by atoms with Crippen molar-refractivity contribution in [3.05, 3.63) is 35.4 Å². The van der Waals surface area contributed by atoms with E-state index >= 15 is 0 Å². The number of benzene rings is 1. The lowest BCUT2D eigenvalue weighted by Gasteiger charge is -2.15. The molecule has 0 aromatic heterocycles. The van der Waals surface area contributed by atoms with Gasteiger partial charge in [0, 0.05) is 6.42 Å². The van der Waals surface area contributed by atoms with Crippen LogP contribution in [0.3, 0.4) is 0 Å². The molecule has 0 bridgehead atoms. The highest BCUT2D eigenvalue weighted by molar-refractivity contribution is 5.62. The second-order valence-corrected chi connectivity index (χ2v) is 3.85. The maximum Gasteiger partial charge on any atom is 0.416 e. The molecular weight excluding hydrogens is 221 g/mol. The van der Waals surface area contributed by atoms with Gasteiger partial charge in [0.25, 0.3) is 0 Å². The lowest BCUT2D eigenvalue weighted by molar-refractivity contribution is -0.137. The van der Waals surface area contributed by atoms with Crippen LogP contribution in [-0.2, 0) is 17.4 Å². The molecule has 1 N–H and O–H groups in total. The first-order valence-corrected chi connectivity index (χ1v) is 4.59. The van der Waals surface area contributed by atoms with Crippen LogP contribution in [0.15, 0.2) is 24.3 Å². The minimum atomic E-state index is -4.37. The maximum atomic E-state index is 12.2. The first kappa shape index (κ1) is 12.7. The number of aliphatic hydroxyl groups is 1. The van der Waals surface area contributed by atoms with Crippen LogP contribution in [-0.4, -0.2) is 17.0 Å². The summed E-state index contributed by atoms with van der Waals surface area (Å²) in [6, 6.07) is 4.36. The number of halogens is 3. The highest BCUT2D eigenvalue weighted by Crippen LogP contribution is 2.29. The van der Waals surface area contributed by atoms with Gasteiger partial charge in [-0.15, -0.1) is 0 Å². The van der Waals surface area contributed by atoms with E-state index in [1.807, 2.05) is 0 Å². The number of aldehydes is 1. The van der Waals surface area contributed by atoms with E-state index < -0.39 is 17.3 Å². The first-order chi connectivity index (χ1) is 7.24. The molecule has 0 saturated carbocycles. The van der Waals surface area contributed by atoms with Crippen molar-refractivity contribution < 1.29 is 23.1 Å². The lowest BCUT2D eigenvalue weighted by atomic mass is 9.97. The Labute approximate surface area is 90.7 Å². The normalized spacial score (nSPS) is 15.6. The third-order valence-corrected chi connectivity index (χ3v) is 2.10. The van der Waals surface area contributed by atoms with Crippen LogP contribution in [0.1, 0.15) is 18.1 Å². The molecule has 1 aromatic carbocycles. The second-order valence-electron chi connectivity index (χ2n) is 3.85. The van der Waals surface area contributed by atoms with Crippen LogP contribution >= 0.6 is 0 Å². The van der Waals surface area contributed by atoms with E-state index in [9.17, 15) is 23.1 Å². The molecule has 88 valence electrons. The summed E-state index contributed by atoms with van der Waals surface area (Å²) in [7, 11) is 0. The highest BCUT2D eigenvalue weighted by Gasteiger charge is 2.30. The number of hydrogen-bond acceptors (Lipinski definition) is 2. The van der Waals surface area contributed by atoms with Crippen LogP contribution < -0.4 is 0 Å². The summed E-state index contributed by atoms with van der Waals surface area (Å²) < 4.78 is 36.7. The largest absolute Gasteiger partial charge is 0.416 e. The molecule has 0 aliphatic carbocycles. The van der Waals surface area contributed by atoms with Crippen LogP contribution in [0.5, 0.6) is 0 Å². The van der Waals surface area contributed by atoms with Gasteiger partial charge >= 0.3 is 6.18 Å². The number of alkyl halides is 3. The van der Waals surface area contributed by atoms with Gasteiger partial charge in [0.05, 0.1) is 5.56 Å². The molecule has 0 spiro atoms. The Hall–Kier alpha value is -1.36. The van der Waals surface area contributed by atoms with Gasteiger partial charge in [0.2, 0.25) is 0 Å². The minimum Gasteiger partial charge on any atom is -0.382 e. The van der Waals surface area contributed by atoms with Crippen molar-refractivity contribution in [3.63, 3.8) is 0 Å². The van der Waals surface area contributed by atoms with Crippen molar-refractivity contribution in [1.29, 1.82) is 0 Å². The highest BCUT2D eigenvalue weighted by atomic mass is 19.4. The quantitative estimate of drug-likeness (QED) is 0.811. The van der Waals surface area contributed by atoms with Gasteiger partial charge in [-0.2, -0.15) is 13.2 Å². The zero-order valence-corrected chi connectivity index (χ0v) is 8.58. The van der Waals surface area contributed by atoms with Crippen LogP contribution in [0.25, 0.3) is 0 Å². The van der Waals surface area contributed by atoms with Crippen molar-refractivity contribution in [2.24, 2.45) is 0 Å². The number of carbonyl (C=O) groups is 1. The molecule has 0 heterocycles. The Morgan fingerprint density at radius 2 is 1.75 bits per heavy atom. The molecule has 0 fully saturated rings. The van der Waals surface area contributed by atoms with Crippen molar-refractivity contribution in [2.75, 3.05) is 0 Å². The number of hydrogen-bond donors (Lipinski definition) is 1. The third-order valence-electron chi connectivity index (χ3n) is 2.10. The van der Waals surface area contributed by atoms with Crippen molar-refractivity contribution >= 4 is 6.29 Å². The average molecular weight is 232 g/mol. The molecule has 0 amide bonds. The van der Waals surface area contributed by atoms with E-state index in [0.717, 1.165) is 12.1 Å². The fraction of sp³-hybridized carbons (Fsp3) is 0.364. The Kier molecular flexibility index (Phi) is 3.38. The Morgan fingerprint density at radius 1 is 1.25 bits per heavy atom. The first-order valence-electron chi connectivity index (χ1n) is 4.59. The molecule has 16 heavy (non-hydrogen) atoms. The van der Waals surface area contributed by atoms with E-state index in [2.05, 4.69) is 0 Å². The molecular formula is C11H11F3O2. The zero-order valence-electron chi connectivity index (χ0n) is 8.58. The standard InChI is InChI=1S/C11H11F3O2/c1-10(16,7-15)6-8-2-4-9(5-3-8)11(12,13)14/h2-5,7,16H,6H2,1H3. The van der Waals surface area contributed by atoms with Crippen molar-refractivity contribution in [1.82, 2.24) is 0 Å². The van der Waals surface area contributed by atoms with Gasteiger partial charge < -0.3 is 9.90 Å². The summed E-state index contributed by atoms with van der Waals surface area (Å²) >= 11 is 0. The summed E-state index contributed by atoms with van der Waals surface area (Å²) in [5, 5.41) is 9.42. The molecule has 1 unspecified atom stereocenters. The van der Waals surface area contributed by atoms with Crippen LogP contribution in [0, 0.1) is 0 Å². The Morgan fingerprint density at radius 3 is 2.12 bits per heavy atom. The summed E-state index contributed by atoms with van der Waals surface area (Å²) in [6.45, 7) is 1.30. The van der Waals surface area contributed by atoms with Gasteiger partial charge in [0.1, 0.15) is 5.60 Å². The molecule has 1 aromatic rings. The summed E-state index contributed by atoms with van der Waals surface area (Å²) in [4.78, 5) is 10.4. The second kappa shape index (κ2) is 4.25. The molecule has 2 nitrogen and oxygen atoms in total. The summed E-state index contributed by atoms with van der Waals surface area (Å²) in [5.41, 5.74) is -1.81. The molecule has 0 saturated heterocycles. The van der Waals surface area contributed by atoms with Crippen molar-refractivity contribution in [3.8, 4) is 0 Å². The molecule has 1 rings (SSSR count). The minimum absolute atomic E-state index is 0.00532. The summed E-state index contributed by atoms with van der Waals surface area (Å²) in [6.07, 6.45) is -4.01. The number of carbonyl (C=O) groups excluding carboxylic acids is 1. The predicted molar refractivity (Wildman–Crippen MR) is 51.8 cm³/mol. The van der Waals surface area contributed by atoms with Gasteiger partial charge in [-0.3, -0.25) is 0 Å². The number of rotatable bonds is 3. The Bertz CT molecular complexity index is 366. The third kappa shape index (κ3) is 3.34. The monoisotopic (exact) mass is 232 g/mol. The summed E-state index contributed by atoms with van der Waals surface area (Å²) in [5.74, 6) is 0. The van der Waals surface area contributed by atoms with Gasteiger partial charge in [-0.25, -0.2) is 0 Å². The topological polar surface area (TPSA) is 37.3 Å². The van der Waals surface area contributed by atoms with E-state index in [0.29, 0.717) is 11.8 Å². The van der Waals surface area contributed by atoms with E-state index in [1.165, 1.54) is 19.1 Å². The molecule has 1 atom stereocenters. The maximum absolute atomic E-state index is 12.2. The fourth-order valence-electron chi connectivity index (χ4n) is 1.27. The molecule has 0 radical (unpaired) electrons. The van der Waals surface area contributed by atoms with Crippen molar-refractivity contribution in [2.45, 2.75) is 25.1 Å². The SMILES string of the molecule is CC(O)(C=O)Cc1ccc(C(F)(F)F)cc1. The predicted octanol–water partition coefficient (Wildman–Crippen LogP) is 2.20. The van der Waals surface area contributed by atoms with E-state index in [4.69, 9.17) is 0 Å². The van der Waals surface area contributed by atoms with Gasteiger partial charge in [0.15, 0.2) is 6.29 Å². The molecule has 0 aliphatic heterocycles. The lowest BCUT2D eigenvalue weighted by Crippen LogP contribution is -2.28. The van der Waals surface area contributed by atoms with E-state index in [-0.39, 0.29) is 6.42 Å². The smallest absolute Gasteiger partial charge is 0.382 e. The van der Waals surface area contributed by atoms with Gasteiger partial charge in [-0.05, 0) is 24.6 Å².